The smallest absolute Gasteiger partial charge is 0.158 e. The van der Waals surface area contributed by atoms with Gasteiger partial charge in [-0.05, 0) is 22.3 Å². The van der Waals surface area contributed by atoms with Crippen LogP contribution in [-0.2, 0) is 5.54 Å². The summed E-state index contributed by atoms with van der Waals surface area (Å²) in [4.78, 5) is -0.0683. The highest BCUT2D eigenvalue weighted by Crippen LogP contribution is 2.42. The molecule has 158 valence electrons. The van der Waals surface area contributed by atoms with Crippen LogP contribution < -0.4 is 11.0 Å². The number of hydrogen-bond donors (Lipinski definition) is 2. The fourth-order valence-electron chi connectivity index (χ4n) is 4.23. The largest absolute Gasteiger partial charge is 0.287 e. The summed E-state index contributed by atoms with van der Waals surface area (Å²) >= 11 is 3.82. The van der Waals surface area contributed by atoms with Gasteiger partial charge < -0.3 is 0 Å². The van der Waals surface area contributed by atoms with Crippen LogP contribution >= 0.6 is 15.9 Å². The monoisotopic (exact) mass is 482 g/mol. The molecule has 5 heteroatoms. The van der Waals surface area contributed by atoms with E-state index in [0.717, 1.165) is 28.1 Å². The maximum absolute atomic E-state index is 5.05. The Labute approximate surface area is 196 Å². The number of hydrogen-bond acceptors (Lipinski definition) is 4. The minimum absolute atomic E-state index is 0.0683. The lowest BCUT2D eigenvalue weighted by molar-refractivity contribution is 0.100. The van der Waals surface area contributed by atoms with Crippen molar-refractivity contribution in [1.82, 2.24) is 16.1 Å². The third-order valence-electron chi connectivity index (χ3n) is 5.72. The van der Waals surface area contributed by atoms with Gasteiger partial charge in [-0.3, -0.25) is 5.43 Å². The van der Waals surface area contributed by atoms with Gasteiger partial charge in [0.2, 0.25) is 0 Å². The predicted molar refractivity (Wildman–Crippen MR) is 133 cm³/mol. The number of alkyl halides is 1. The quantitative estimate of drug-likeness (QED) is 0.271. The molecule has 4 nitrogen and oxygen atoms in total. The fourth-order valence-corrected chi connectivity index (χ4v) is 4.74. The number of hydrazine groups is 2. The average molecular weight is 483 g/mol. The van der Waals surface area contributed by atoms with E-state index in [9.17, 15) is 0 Å². The van der Waals surface area contributed by atoms with E-state index in [1.807, 2.05) is 41.5 Å². The summed E-state index contributed by atoms with van der Waals surface area (Å²) < 4.78 is 0. The molecule has 2 N–H and O–H groups in total. The number of nitrogens with zero attached hydrogens (tertiary/aromatic N) is 2. The standard InChI is InChI=1S/C27H23BrN4/c28-25(21-13-5-1-6-14-21)26-29-31-32(30-26)27(22-15-7-2-8-16-22,23-17-9-3-10-18-23)24-19-11-4-12-20-24/h1-20,25,31H,(H,29,30). The molecule has 0 fully saturated rings. The van der Waals surface area contributed by atoms with Crippen molar-refractivity contribution in [3.63, 3.8) is 0 Å². The SMILES string of the molecule is BrC(C1=NN(C(c2ccccc2)(c2ccccc2)c2ccccc2)NN1)c1ccccc1. The normalized spacial score (nSPS) is 14.5. The van der Waals surface area contributed by atoms with E-state index in [1.54, 1.807) is 0 Å². The summed E-state index contributed by atoms with van der Waals surface area (Å²) in [6.45, 7) is 0. The molecule has 1 aliphatic rings. The molecule has 4 aromatic rings. The Kier molecular flexibility index (Phi) is 5.75. The first kappa shape index (κ1) is 20.5. The topological polar surface area (TPSA) is 39.7 Å². The van der Waals surface area contributed by atoms with E-state index in [-0.39, 0.29) is 4.83 Å². The molecule has 0 spiro atoms. The summed E-state index contributed by atoms with van der Waals surface area (Å²) in [6.07, 6.45) is 0. The van der Waals surface area contributed by atoms with Crippen molar-refractivity contribution in [3.05, 3.63) is 144 Å². The summed E-state index contributed by atoms with van der Waals surface area (Å²) in [6, 6.07) is 41.7. The highest BCUT2D eigenvalue weighted by Gasteiger charge is 2.45. The van der Waals surface area contributed by atoms with Crippen molar-refractivity contribution >= 4 is 21.8 Å². The molecule has 1 atom stereocenters. The van der Waals surface area contributed by atoms with Crippen molar-refractivity contribution < 1.29 is 0 Å². The second kappa shape index (κ2) is 8.99. The number of rotatable bonds is 6. The van der Waals surface area contributed by atoms with Gasteiger partial charge in [-0.1, -0.05) is 137 Å². The van der Waals surface area contributed by atoms with Crippen LogP contribution in [0.3, 0.4) is 0 Å². The molecule has 4 aromatic carbocycles. The molecular formula is C27H23BrN4. The van der Waals surface area contributed by atoms with Gasteiger partial charge in [0.1, 0.15) is 4.83 Å². The minimum Gasteiger partial charge on any atom is -0.287 e. The minimum atomic E-state index is -0.679. The van der Waals surface area contributed by atoms with Crippen molar-refractivity contribution in [2.75, 3.05) is 0 Å². The van der Waals surface area contributed by atoms with Crippen LogP contribution in [0.15, 0.2) is 126 Å². The molecule has 0 amide bonds. The lowest BCUT2D eigenvalue weighted by Crippen LogP contribution is -2.52. The number of benzene rings is 4. The molecule has 0 saturated heterocycles. The molecule has 0 saturated carbocycles. The van der Waals surface area contributed by atoms with Crippen LogP contribution in [0.5, 0.6) is 0 Å². The second-order valence-corrected chi connectivity index (χ2v) is 8.53. The molecule has 0 bridgehead atoms. The molecule has 32 heavy (non-hydrogen) atoms. The first-order valence-corrected chi connectivity index (χ1v) is 11.5. The number of hydrazone groups is 1. The second-order valence-electron chi connectivity index (χ2n) is 7.62. The molecule has 5 rings (SSSR count). The Morgan fingerprint density at radius 3 is 1.47 bits per heavy atom. The van der Waals surface area contributed by atoms with Gasteiger partial charge in [0, 0.05) is 0 Å². The van der Waals surface area contributed by atoms with Crippen molar-refractivity contribution in [3.8, 4) is 0 Å². The van der Waals surface area contributed by atoms with Gasteiger partial charge in [0.25, 0.3) is 0 Å². The molecule has 1 aliphatic heterocycles. The summed E-state index contributed by atoms with van der Waals surface area (Å²) in [5, 5.41) is 6.98. The number of amidine groups is 1. The molecule has 0 aromatic heterocycles. The third kappa shape index (κ3) is 3.60. The highest BCUT2D eigenvalue weighted by molar-refractivity contribution is 9.09. The van der Waals surface area contributed by atoms with Gasteiger partial charge in [0.05, 0.1) is 0 Å². The van der Waals surface area contributed by atoms with Crippen LogP contribution in [-0.4, -0.2) is 11.0 Å². The summed E-state index contributed by atoms with van der Waals surface area (Å²) in [5.74, 6) is 0.795. The summed E-state index contributed by atoms with van der Waals surface area (Å²) in [5.41, 5.74) is 10.4. The van der Waals surface area contributed by atoms with Crippen LogP contribution in [0.1, 0.15) is 27.1 Å². The van der Waals surface area contributed by atoms with Gasteiger partial charge in [-0.15, -0.1) is 10.6 Å². The Balaban J connectivity index is 1.70. The third-order valence-corrected chi connectivity index (χ3v) is 6.68. The fraction of sp³-hybridized carbons (Fsp3) is 0.0741. The van der Waals surface area contributed by atoms with Crippen LogP contribution in [0, 0.1) is 0 Å². The van der Waals surface area contributed by atoms with E-state index < -0.39 is 5.54 Å². The van der Waals surface area contributed by atoms with E-state index >= 15 is 0 Å². The van der Waals surface area contributed by atoms with Gasteiger partial charge in [-0.2, -0.15) is 5.12 Å². The number of halogens is 1. The predicted octanol–water partition coefficient (Wildman–Crippen LogP) is 5.75. The zero-order valence-electron chi connectivity index (χ0n) is 17.4. The van der Waals surface area contributed by atoms with Crippen molar-refractivity contribution in [2.45, 2.75) is 10.4 Å². The Hall–Kier alpha value is -3.41. The first-order chi connectivity index (χ1) is 15.8. The highest BCUT2D eigenvalue weighted by atomic mass is 79.9. The lowest BCUT2D eigenvalue weighted by atomic mass is 9.77. The zero-order chi connectivity index (χ0) is 21.8. The molecule has 0 radical (unpaired) electrons. The summed E-state index contributed by atoms with van der Waals surface area (Å²) in [7, 11) is 0. The molecular weight excluding hydrogens is 460 g/mol. The Morgan fingerprint density at radius 2 is 1.03 bits per heavy atom. The van der Waals surface area contributed by atoms with Crippen molar-refractivity contribution in [1.29, 1.82) is 0 Å². The number of nitrogens with one attached hydrogen (secondary N) is 2. The maximum atomic E-state index is 5.05. The van der Waals surface area contributed by atoms with Crippen molar-refractivity contribution in [2.24, 2.45) is 5.10 Å². The van der Waals surface area contributed by atoms with Gasteiger partial charge in [0.15, 0.2) is 11.4 Å². The molecule has 1 heterocycles. The first-order valence-electron chi connectivity index (χ1n) is 10.6. The van der Waals surface area contributed by atoms with E-state index in [0.29, 0.717) is 0 Å². The lowest BCUT2D eigenvalue weighted by Gasteiger charge is -2.41. The van der Waals surface area contributed by atoms with Crippen LogP contribution in [0.4, 0.5) is 0 Å². The van der Waals surface area contributed by atoms with Crippen LogP contribution in [0.25, 0.3) is 0 Å². The average Bonchev–Trinajstić information content (AvgIpc) is 3.37. The van der Waals surface area contributed by atoms with Crippen LogP contribution in [0.2, 0.25) is 0 Å². The Bertz CT molecular complexity index is 1080. The van der Waals surface area contributed by atoms with E-state index in [1.165, 1.54) is 0 Å². The van der Waals surface area contributed by atoms with Gasteiger partial charge in [-0.25, -0.2) is 0 Å². The van der Waals surface area contributed by atoms with Gasteiger partial charge >= 0.3 is 0 Å². The zero-order valence-corrected chi connectivity index (χ0v) is 19.0. The van der Waals surface area contributed by atoms with E-state index in [2.05, 4.69) is 112 Å². The molecule has 0 aliphatic carbocycles. The molecule has 1 unspecified atom stereocenters. The maximum Gasteiger partial charge on any atom is 0.158 e. The van der Waals surface area contributed by atoms with E-state index in [4.69, 9.17) is 5.10 Å². The Morgan fingerprint density at radius 1 is 0.625 bits per heavy atom.